The molecule has 20 heavy (non-hydrogen) atoms. The number of hydrogen-bond acceptors (Lipinski definition) is 3. The molecule has 0 saturated heterocycles. The molecular weight excluding hydrogens is 257 g/mol. The second-order valence-electron chi connectivity index (χ2n) is 4.91. The van der Waals surface area contributed by atoms with E-state index in [1.807, 2.05) is 24.3 Å². The Bertz CT molecular complexity index is 630. The predicted molar refractivity (Wildman–Crippen MR) is 74.3 cm³/mol. The van der Waals surface area contributed by atoms with E-state index >= 15 is 0 Å². The number of nitrogens with two attached hydrogens (primary N) is 1. The van der Waals surface area contributed by atoms with Gasteiger partial charge in [-0.2, -0.15) is 0 Å². The van der Waals surface area contributed by atoms with Crippen LogP contribution in [-0.4, -0.2) is 7.11 Å². The molecule has 4 heteroatoms. The maximum absolute atomic E-state index is 13.3. The molecule has 0 radical (unpaired) electrons. The van der Waals surface area contributed by atoms with Crippen molar-refractivity contribution in [3.8, 4) is 11.5 Å². The summed E-state index contributed by atoms with van der Waals surface area (Å²) in [4.78, 5) is 0. The number of hydrogen-bond donors (Lipinski definition) is 1. The number of rotatable bonds is 2. The van der Waals surface area contributed by atoms with E-state index in [4.69, 9.17) is 15.2 Å². The van der Waals surface area contributed by atoms with Gasteiger partial charge in [-0.15, -0.1) is 0 Å². The zero-order valence-corrected chi connectivity index (χ0v) is 11.2. The van der Waals surface area contributed by atoms with Crippen LogP contribution < -0.4 is 15.2 Å². The van der Waals surface area contributed by atoms with Crippen molar-refractivity contribution in [1.82, 2.24) is 0 Å². The Kier molecular flexibility index (Phi) is 3.32. The minimum absolute atomic E-state index is 0.127. The van der Waals surface area contributed by atoms with Crippen molar-refractivity contribution < 1.29 is 13.9 Å². The molecule has 3 nitrogen and oxygen atoms in total. The largest absolute Gasteiger partial charge is 0.497 e. The molecule has 2 N–H and O–H groups in total. The molecule has 0 bridgehead atoms. The number of ether oxygens (including phenoxy) is 2. The lowest BCUT2D eigenvalue weighted by Gasteiger charge is -2.30. The first-order valence-corrected chi connectivity index (χ1v) is 6.53. The Balaban J connectivity index is 1.95. The molecule has 0 spiro atoms. The minimum atomic E-state index is -0.267. The molecule has 2 unspecified atom stereocenters. The fourth-order valence-corrected chi connectivity index (χ4v) is 2.52. The van der Waals surface area contributed by atoms with Gasteiger partial charge in [-0.3, -0.25) is 0 Å². The summed E-state index contributed by atoms with van der Waals surface area (Å²) in [7, 11) is 1.61. The number of halogens is 1. The van der Waals surface area contributed by atoms with Crippen LogP contribution in [0.3, 0.4) is 0 Å². The van der Waals surface area contributed by atoms with Gasteiger partial charge in [0, 0.05) is 24.1 Å². The van der Waals surface area contributed by atoms with Crippen LogP contribution in [0.5, 0.6) is 11.5 Å². The van der Waals surface area contributed by atoms with E-state index in [9.17, 15) is 4.39 Å². The zero-order chi connectivity index (χ0) is 14.1. The minimum Gasteiger partial charge on any atom is -0.497 e. The Morgan fingerprint density at radius 3 is 2.85 bits per heavy atom. The molecule has 104 valence electrons. The third-order valence-electron chi connectivity index (χ3n) is 3.58. The maximum Gasteiger partial charge on any atom is 0.128 e. The van der Waals surface area contributed by atoms with Gasteiger partial charge in [-0.1, -0.05) is 18.2 Å². The van der Waals surface area contributed by atoms with Gasteiger partial charge in [0.05, 0.1) is 7.11 Å². The Hall–Kier alpha value is -2.07. The van der Waals surface area contributed by atoms with E-state index in [1.165, 1.54) is 12.1 Å². The summed E-state index contributed by atoms with van der Waals surface area (Å²) in [5.41, 5.74) is 7.95. The second kappa shape index (κ2) is 5.13. The molecular formula is C16H16FNO2. The standard InChI is InChI=1S/C16H16FNO2/c1-19-12-5-6-13-14(18)9-15(20-16(13)8-12)10-3-2-4-11(17)7-10/h2-8,14-15H,9,18H2,1H3. The molecule has 1 aliphatic rings. The monoisotopic (exact) mass is 273 g/mol. The number of methoxy groups -OCH3 is 1. The van der Waals surface area contributed by atoms with Crippen LogP contribution in [0.2, 0.25) is 0 Å². The molecule has 2 atom stereocenters. The molecule has 0 aromatic heterocycles. The topological polar surface area (TPSA) is 44.5 Å². The quantitative estimate of drug-likeness (QED) is 0.912. The highest BCUT2D eigenvalue weighted by Crippen LogP contribution is 2.41. The molecule has 2 aromatic carbocycles. The van der Waals surface area contributed by atoms with Crippen molar-refractivity contribution in [1.29, 1.82) is 0 Å². The lowest BCUT2D eigenvalue weighted by atomic mass is 9.93. The average Bonchev–Trinajstić information content (AvgIpc) is 2.46. The van der Waals surface area contributed by atoms with Crippen molar-refractivity contribution in [2.75, 3.05) is 7.11 Å². The Morgan fingerprint density at radius 1 is 1.25 bits per heavy atom. The van der Waals surface area contributed by atoms with Crippen LogP contribution in [0.1, 0.15) is 29.7 Å². The van der Waals surface area contributed by atoms with E-state index in [2.05, 4.69) is 0 Å². The summed E-state index contributed by atoms with van der Waals surface area (Å²) in [6, 6.07) is 11.9. The van der Waals surface area contributed by atoms with Crippen LogP contribution in [-0.2, 0) is 0 Å². The summed E-state index contributed by atoms with van der Waals surface area (Å²) >= 11 is 0. The zero-order valence-electron chi connectivity index (χ0n) is 11.2. The van der Waals surface area contributed by atoms with E-state index in [0.717, 1.165) is 16.9 Å². The first-order valence-electron chi connectivity index (χ1n) is 6.53. The van der Waals surface area contributed by atoms with Crippen LogP contribution in [0.4, 0.5) is 4.39 Å². The lowest BCUT2D eigenvalue weighted by Crippen LogP contribution is -2.24. The van der Waals surface area contributed by atoms with E-state index < -0.39 is 0 Å². The highest BCUT2D eigenvalue weighted by molar-refractivity contribution is 5.44. The summed E-state index contributed by atoms with van der Waals surface area (Å²) in [5.74, 6) is 1.16. The van der Waals surface area contributed by atoms with Crippen LogP contribution >= 0.6 is 0 Å². The summed E-state index contributed by atoms with van der Waals surface area (Å²) in [6.07, 6.45) is 0.392. The van der Waals surface area contributed by atoms with Gasteiger partial charge in [0.2, 0.25) is 0 Å². The van der Waals surface area contributed by atoms with Crippen LogP contribution in [0.25, 0.3) is 0 Å². The van der Waals surface area contributed by atoms with Crippen LogP contribution in [0, 0.1) is 5.82 Å². The molecule has 0 aliphatic carbocycles. The molecule has 1 heterocycles. The van der Waals surface area contributed by atoms with Gasteiger partial charge in [0.15, 0.2) is 0 Å². The lowest BCUT2D eigenvalue weighted by molar-refractivity contribution is 0.160. The van der Waals surface area contributed by atoms with Crippen molar-refractivity contribution in [3.63, 3.8) is 0 Å². The van der Waals surface area contributed by atoms with E-state index in [1.54, 1.807) is 13.2 Å². The molecule has 2 aromatic rings. The van der Waals surface area contributed by atoms with E-state index in [-0.39, 0.29) is 18.0 Å². The average molecular weight is 273 g/mol. The van der Waals surface area contributed by atoms with Crippen molar-refractivity contribution >= 4 is 0 Å². The smallest absolute Gasteiger partial charge is 0.128 e. The van der Waals surface area contributed by atoms with Crippen molar-refractivity contribution in [2.24, 2.45) is 5.73 Å². The van der Waals surface area contributed by atoms with Gasteiger partial charge in [-0.05, 0) is 23.8 Å². The van der Waals surface area contributed by atoms with Gasteiger partial charge < -0.3 is 15.2 Å². The SMILES string of the molecule is COc1ccc2c(c1)OC(c1cccc(F)c1)CC2N. The Labute approximate surface area is 117 Å². The third-order valence-corrected chi connectivity index (χ3v) is 3.58. The third kappa shape index (κ3) is 2.34. The van der Waals surface area contributed by atoms with Gasteiger partial charge >= 0.3 is 0 Å². The molecule has 0 amide bonds. The van der Waals surface area contributed by atoms with Gasteiger partial charge in [0.1, 0.15) is 23.4 Å². The van der Waals surface area contributed by atoms with E-state index in [0.29, 0.717) is 12.2 Å². The molecule has 0 saturated carbocycles. The maximum atomic E-state index is 13.3. The molecule has 1 aliphatic heterocycles. The highest BCUT2D eigenvalue weighted by atomic mass is 19.1. The highest BCUT2D eigenvalue weighted by Gasteiger charge is 2.27. The van der Waals surface area contributed by atoms with Crippen LogP contribution in [0.15, 0.2) is 42.5 Å². The summed E-state index contributed by atoms with van der Waals surface area (Å²) in [5, 5.41) is 0. The predicted octanol–water partition coefficient (Wildman–Crippen LogP) is 3.36. The van der Waals surface area contributed by atoms with Gasteiger partial charge in [-0.25, -0.2) is 4.39 Å². The first kappa shape index (κ1) is 12.9. The number of benzene rings is 2. The summed E-state index contributed by atoms with van der Waals surface area (Å²) < 4.78 is 24.5. The Morgan fingerprint density at radius 2 is 2.10 bits per heavy atom. The molecule has 3 rings (SSSR count). The molecule has 0 fully saturated rings. The second-order valence-corrected chi connectivity index (χ2v) is 4.91. The summed E-state index contributed by atoms with van der Waals surface area (Å²) in [6.45, 7) is 0. The normalized spacial score (nSPS) is 20.9. The fourth-order valence-electron chi connectivity index (χ4n) is 2.52. The van der Waals surface area contributed by atoms with Gasteiger partial charge in [0.25, 0.3) is 0 Å². The first-order chi connectivity index (χ1) is 9.67. The number of fused-ring (bicyclic) bond motifs is 1. The fraction of sp³-hybridized carbons (Fsp3) is 0.250. The van der Waals surface area contributed by atoms with Crippen molar-refractivity contribution in [3.05, 3.63) is 59.4 Å². The van der Waals surface area contributed by atoms with Crippen molar-refractivity contribution in [2.45, 2.75) is 18.6 Å².